The van der Waals surface area contributed by atoms with Gasteiger partial charge in [-0.3, -0.25) is 0 Å². The van der Waals surface area contributed by atoms with Crippen LogP contribution in [0.5, 0.6) is 0 Å². The van der Waals surface area contributed by atoms with Gasteiger partial charge in [0.05, 0.1) is 5.69 Å². The minimum Gasteiger partial charge on any atom is -0.325 e. The molecule has 1 aliphatic rings. The SMILES string of the molecule is Cc1ccc(-c2nc(CN)c3c(n2)CCCC3)cc1. The quantitative estimate of drug-likeness (QED) is 0.895. The van der Waals surface area contributed by atoms with Crippen molar-refractivity contribution < 1.29 is 0 Å². The van der Waals surface area contributed by atoms with Crippen LogP contribution in [0.15, 0.2) is 24.3 Å². The van der Waals surface area contributed by atoms with Crippen LogP contribution in [-0.2, 0) is 19.4 Å². The molecule has 0 amide bonds. The molecule has 19 heavy (non-hydrogen) atoms. The Bertz CT molecular complexity index is 570. The number of hydrogen-bond acceptors (Lipinski definition) is 3. The molecular weight excluding hydrogens is 234 g/mol. The number of fused-ring (bicyclic) bond motifs is 1. The van der Waals surface area contributed by atoms with E-state index in [9.17, 15) is 0 Å². The van der Waals surface area contributed by atoms with Crippen LogP contribution in [-0.4, -0.2) is 9.97 Å². The summed E-state index contributed by atoms with van der Waals surface area (Å²) in [5.74, 6) is 0.820. The molecule has 0 fully saturated rings. The Labute approximate surface area is 113 Å². The Morgan fingerprint density at radius 2 is 1.79 bits per heavy atom. The van der Waals surface area contributed by atoms with Crippen LogP contribution in [0.2, 0.25) is 0 Å². The van der Waals surface area contributed by atoms with Crippen LogP contribution in [0.3, 0.4) is 0 Å². The fourth-order valence-corrected chi connectivity index (χ4v) is 2.67. The maximum atomic E-state index is 5.85. The highest BCUT2D eigenvalue weighted by molar-refractivity contribution is 5.56. The van der Waals surface area contributed by atoms with Crippen molar-refractivity contribution in [2.45, 2.75) is 39.2 Å². The first-order valence-electron chi connectivity index (χ1n) is 6.93. The number of nitrogens with two attached hydrogens (primary N) is 1. The molecule has 0 atom stereocenters. The van der Waals surface area contributed by atoms with Crippen LogP contribution >= 0.6 is 0 Å². The van der Waals surface area contributed by atoms with Gasteiger partial charge in [0.2, 0.25) is 0 Å². The zero-order valence-electron chi connectivity index (χ0n) is 11.3. The summed E-state index contributed by atoms with van der Waals surface area (Å²) in [6.45, 7) is 2.59. The van der Waals surface area contributed by atoms with Crippen molar-refractivity contribution in [3.8, 4) is 11.4 Å². The smallest absolute Gasteiger partial charge is 0.159 e. The first-order valence-corrected chi connectivity index (χ1v) is 6.93. The van der Waals surface area contributed by atoms with E-state index < -0.39 is 0 Å². The summed E-state index contributed by atoms with van der Waals surface area (Å²) in [4.78, 5) is 9.42. The van der Waals surface area contributed by atoms with E-state index in [-0.39, 0.29) is 0 Å². The predicted octanol–water partition coefficient (Wildman–Crippen LogP) is 2.79. The lowest BCUT2D eigenvalue weighted by Gasteiger charge is -2.18. The first kappa shape index (κ1) is 12.3. The highest BCUT2D eigenvalue weighted by Crippen LogP contribution is 2.25. The minimum absolute atomic E-state index is 0.504. The van der Waals surface area contributed by atoms with Crippen LogP contribution in [0.25, 0.3) is 11.4 Å². The lowest BCUT2D eigenvalue weighted by molar-refractivity contribution is 0.652. The van der Waals surface area contributed by atoms with E-state index in [1.54, 1.807) is 0 Å². The average molecular weight is 253 g/mol. The van der Waals surface area contributed by atoms with E-state index in [4.69, 9.17) is 10.7 Å². The third-order valence-corrected chi connectivity index (χ3v) is 3.77. The van der Waals surface area contributed by atoms with Crippen molar-refractivity contribution >= 4 is 0 Å². The molecule has 1 aromatic carbocycles. The molecule has 0 aliphatic heterocycles. The van der Waals surface area contributed by atoms with Gasteiger partial charge in [0.25, 0.3) is 0 Å². The Balaban J connectivity index is 2.09. The van der Waals surface area contributed by atoms with Crippen molar-refractivity contribution in [3.05, 3.63) is 46.8 Å². The Hall–Kier alpha value is -1.74. The van der Waals surface area contributed by atoms with Crippen molar-refractivity contribution in [3.63, 3.8) is 0 Å². The van der Waals surface area contributed by atoms with Crippen molar-refractivity contribution in [1.29, 1.82) is 0 Å². The molecule has 0 radical (unpaired) electrons. The topological polar surface area (TPSA) is 51.8 Å². The largest absolute Gasteiger partial charge is 0.325 e. The predicted molar refractivity (Wildman–Crippen MR) is 76.7 cm³/mol. The fraction of sp³-hybridized carbons (Fsp3) is 0.375. The van der Waals surface area contributed by atoms with Gasteiger partial charge in [-0.2, -0.15) is 0 Å². The molecule has 0 unspecified atom stereocenters. The molecule has 2 N–H and O–H groups in total. The van der Waals surface area contributed by atoms with Gasteiger partial charge in [-0.05, 0) is 38.2 Å². The zero-order valence-corrected chi connectivity index (χ0v) is 11.3. The monoisotopic (exact) mass is 253 g/mol. The van der Waals surface area contributed by atoms with Gasteiger partial charge in [-0.15, -0.1) is 0 Å². The van der Waals surface area contributed by atoms with Crippen LogP contribution in [0.4, 0.5) is 0 Å². The van der Waals surface area contributed by atoms with Gasteiger partial charge in [0, 0.05) is 17.8 Å². The van der Waals surface area contributed by atoms with Gasteiger partial charge in [-0.25, -0.2) is 9.97 Å². The maximum Gasteiger partial charge on any atom is 0.159 e. The molecular formula is C16H19N3. The zero-order chi connectivity index (χ0) is 13.2. The summed E-state index contributed by atoms with van der Waals surface area (Å²) < 4.78 is 0. The third kappa shape index (κ3) is 2.38. The van der Waals surface area contributed by atoms with Gasteiger partial charge in [0.1, 0.15) is 0 Å². The summed E-state index contributed by atoms with van der Waals surface area (Å²) >= 11 is 0. The number of nitrogens with zero attached hydrogens (tertiary/aromatic N) is 2. The summed E-state index contributed by atoms with van der Waals surface area (Å²) in [7, 11) is 0. The number of aryl methyl sites for hydroxylation is 2. The molecule has 3 rings (SSSR count). The second kappa shape index (κ2) is 5.10. The standard InChI is InChI=1S/C16H19N3/c1-11-6-8-12(9-7-11)16-18-14-5-3-2-4-13(14)15(10-17)19-16/h6-9H,2-5,10,17H2,1H3. The normalized spacial score (nSPS) is 14.2. The first-order chi connectivity index (χ1) is 9.28. The van der Waals surface area contributed by atoms with Gasteiger partial charge in [-0.1, -0.05) is 29.8 Å². The maximum absolute atomic E-state index is 5.85. The van der Waals surface area contributed by atoms with Crippen LogP contribution in [0.1, 0.15) is 35.4 Å². The number of benzene rings is 1. The fourth-order valence-electron chi connectivity index (χ4n) is 2.67. The van der Waals surface area contributed by atoms with Crippen molar-refractivity contribution in [1.82, 2.24) is 9.97 Å². The average Bonchev–Trinajstić information content (AvgIpc) is 2.47. The Morgan fingerprint density at radius 1 is 1.05 bits per heavy atom. The van der Waals surface area contributed by atoms with E-state index in [1.807, 2.05) is 0 Å². The molecule has 0 saturated carbocycles. The van der Waals surface area contributed by atoms with E-state index in [1.165, 1.54) is 29.7 Å². The molecule has 1 aliphatic carbocycles. The molecule has 3 nitrogen and oxygen atoms in total. The number of rotatable bonds is 2. The molecule has 0 spiro atoms. The summed E-state index contributed by atoms with van der Waals surface area (Å²) in [6, 6.07) is 8.36. The number of aromatic nitrogens is 2. The molecule has 1 heterocycles. The molecule has 0 saturated heterocycles. The van der Waals surface area contributed by atoms with E-state index in [2.05, 4.69) is 36.2 Å². The van der Waals surface area contributed by atoms with E-state index in [0.29, 0.717) is 6.54 Å². The van der Waals surface area contributed by atoms with Crippen LogP contribution in [0, 0.1) is 6.92 Å². The minimum atomic E-state index is 0.504. The lowest BCUT2D eigenvalue weighted by atomic mass is 9.94. The molecule has 0 bridgehead atoms. The molecule has 3 heteroatoms. The van der Waals surface area contributed by atoms with Gasteiger partial charge >= 0.3 is 0 Å². The van der Waals surface area contributed by atoms with Crippen molar-refractivity contribution in [2.24, 2.45) is 5.73 Å². The second-order valence-corrected chi connectivity index (χ2v) is 5.20. The van der Waals surface area contributed by atoms with E-state index in [0.717, 1.165) is 29.9 Å². The summed E-state index contributed by atoms with van der Waals surface area (Å²) in [6.07, 6.45) is 4.59. The van der Waals surface area contributed by atoms with Gasteiger partial charge < -0.3 is 5.73 Å². The molecule has 2 aromatic rings. The molecule has 98 valence electrons. The highest BCUT2D eigenvalue weighted by atomic mass is 14.9. The third-order valence-electron chi connectivity index (χ3n) is 3.77. The second-order valence-electron chi connectivity index (χ2n) is 5.20. The summed E-state index contributed by atoms with van der Waals surface area (Å²) in [5.41, 5.74) is 11.7. The van der Waals surface area contributed by atoms with Crippen molar-refractivity contribution in [2.75, 3.05) is 0 Å². The lowest BCUT2D eigenvalue weighted by Crippen LogP contribution is -2.14. The van der Waals surface area contributed by atoms with Crippen LogP contribution < -0.4 is 5.73 Å². The summed E-state index contributed by atoms with van der Waals surface area (Å²) in [5, 5.41) is 0. The van der Waals surface area contributed by atoms with Gasteiger partial charge in [0.15, 0.2) is 5.82 Å². The molecule has 1 aromatic heterocycles. The Kier molecular flexibility index (Phi) is 3.30. The Morgan fingerprint density at radius 3 is 2.53 bits per heavy atom. The van der Waals surface area contributed by atoms with E-state index >= 15 is 0 Å². The number of hydrogen-bond donors (Lipinski definition) is 1. The highest BCUT2D eigenvalue weighted by Gasteiger charge is 2.17.